The minimum atomic E-state index is -0.219. The Kier molecular flexibility index (Phi) is 2.77. The SMILES string of the molecule is Cc1cc(C2(N)CCCC2)cc(O)c1Br. The number of nitrogens with two attached hydrogens (primary N) is 1. The van der Waals surface area contributed by atoms with Crippen molar-refractivity contribution in [2.24, 2.45) is 5.73 Å². The van der Waals surface area contributed by atoms with Gasteiger partial charge in [-0.2, -0.15) is 0 Å². The van der Waals surface area contributed by atoms with Gasteiger partial charge in [0.1, 0.15) is 5.75 Å². The first-order valence-corrected chi connectivity index (χ1v) is 6.11. The van der Waals surface area contributed by atoms with E-state index in [0.717, 1.165) is 28.4 Å². The molecule has 0 amide bonds. The van der Waals surface area contributed by atoms with E-state index in [0.29, 0.717) is 5.75 Å². The van der Waals surface area contributed by atoms with Crippen molar-refractivity contribution in [3.05, 3.63) is 27.7 Å². The van der Waals surface area contributed by atoms with E-state index in [1.54, 1.807) is 6.07 Å². The largest absolute Gasteiger partial charge is 0.507 e. The average Bonchev–Trinajstić information content (AvgIpc) is 2.62. The van der Waals surface area contributed by atoms with Crippen LogP contribution in [0.15, 0.2) is 16.6 Å². The molecule has 0 spiro atoms. The highest BCUT2D eigenvalue weighted by atomic mass is 79.9. The molecule has 1 aliphatic rings. The molecule has 0 aromatic heterocycles. The highest BCUT2D eigenvalue weighted by Gasteiger charge is 2.31. The Labute approximate surface area is 98.6 Å². The van der Waals surface area contributed by atoms with Crippen molar-refractivity contribution in [1.82, 2.24) is 0 Å². The van der Waals surface area contributed by atoms with Crippen molar-refractivity contribution in [2.45, 2.75) is 38.1 Å². The number of benzene rings is 1. The minimum Gasteiger partial charge on any atom is -0.507 e. The van der Waals surface area contributed by atoms with Crippen LogP contribution in [0.3, 0.4) is 0 Å². The zero-order valence-corrected chi connectivity index (χ0v) is 10.5. The van der Waals surface area contributed by atoms with Crippen LogP contribution >= 0.6 is 15.9 Å². The zero-order valence-electron chi connectivity index (χ0n) is 8.89. The molecule has 15 heavy (non-hydrogen) atoms. The topological polar surface area (TPSA) is 46.2 Å². The third-order valence-corrected chi connectivity index (χ3v) is 4.34. The molecule has 0 atom stereocenters. The molecule has 0 heterocycles. The van der Waals surface area contributed by atoms with E-state index >= 15 is 0 Å². The van der Waals surface area contributed by atoms with Gasteiger partial charge < -0.3 is 10.8 Å². The lowest BCUT2D eigenvalue weighted by Crippen LogP contribution is -2.33. The van der Waals surface area contributed by atoms with Gasteiger partial charge in [0, 0.05) is 5.54 Å². The number of halogens is 1. The smallest absolute Gasteiger partial charge is 0.130 e. The molecule has 3 heteroatoms. The number of hydrogen-bond acceptors (Lipinski definition) is 2. The quantitative estimate of drug-likeness (QED) is 0.823. The molecule has 0 radical (unpaired) electrons. The molecule has 0 aliphatic heterocycles. The lowest BCUT2D eigenvalue weighted by molar-refractivity contribution is 0.444. The van der Waals surface area contributed by atoms with Gasteiger partial charge in [-0.05, 0) is 52.9 Å². The predicted octanol–water partition coefficient (Wildman–Crippen LogP) is 3.19. The third kappa shape index (κ3) is 1.91. The highest BCUT2D eigenvalue weighted by Crippen LogP contribution is 2.40. The fourth-order valence-electron chi connectivity index (χ4n) is 2.33. The number of aryl methyl sites for hydroxylation is 1. The van der Waals surface area contributed by atoms with E-state index in [9.17, 15) is 5.11 Å². The standard InChI is InChI=1S/C12H16BrNO/c1-8-6-9(7-10(15)11(8)13)12(14)4-2-3-5-12/h6-7,15H,2-5,14H2,1H3. The van der Waals surface area contributed by atoms with E-state index < -0.39 is 0 Å². The van der Waals surface area contributed by atoms with E-state index in [2.05, 4.69) is 22.0 Å². The monoisotopic (exact) mass is 269 g/mol. The molecule has 2 rings (SSSR count). The van der Waals surface area contributed by atoms with Gasteiger partial charge in [0.25, 0.3) is 0 Å². The van der Waals surface area contributed by atoms with Gasteiger partial charge in [0.05, 0.1) is 4.47 Å². The summed E-state index contributed by atoms with van der Waals surface area (Å²) in [5.74, 6) is 0.293. The minimum absolute atomic E-state index is 0.219. The van der Waals surface area contributed by atoms with Crippen molar-refractivity contribution in [3.8, 4) is 5.75 Å². The summed E-state index contributed by atoms with van der Waals surface area (Å²) in [5, 5.41) is 9.75. The van der Waals surface area contributed by atoms with Crippen LogP contribution in [0, 0.1) is 6.92 Å². The molecule has 0 unspecified atom stereocenters. The molecule has 82 valence electrons. The summed E-state index contributed by atoms with van der Waals surface area (Å²) in [4.78, 5) is 0. The Morgan fingerprint density at radius 2 is 1.93 bits per heavy atom. The zero-order chi connectivity index (χ0) is 11.1. The molecule has 0 bridgehead atoms. The first-order chi connectivity index (χ1) is 7.03. The van der Waals surface area contributed by atoms with Crippen LogP contribution in [0.1, 0.15) is 36.8 Å². The molecule has 3 N–H and O–H groups in total. The highest BCUT2D eigenvalue weighted by molar-refractivity contribution is 9.10. The second kappa shape index (κ2) is 3.80. The molecular weight excluding hydrogens is 254 g/mol. The van der Waals surface area contributed by atoms with Gasteiger partial charge in [0.15, 0.2) is 0 Å². The Morgan fingerprint density at radius 1 is 1.33 bits per heavy atom. The van der Waals surface area contributed by atoms with Crippen molar-refractivity contribution in [1.29, 1.82) is 0 Å². The maximum absolute atomic E-state index is 9.75. The lowest BCUT2D eigenvalue weighted by atomic mass is 9.88. The van der Waals surface area contributed by atoms with Gasteiger partial charge in [-0.15, -0.1) is 0 Å². The molecule has 2 nitrogen and oxygen atoms in total. The Balaban J connectivity index is 2.45. The van der Waals surface area contributed by atoms with Crippen molar-refractivity contribution in [2.75, 3.05) is 0 Å². The maximum atomic E-state index is 9.75. The first-order valence-electron chi connectivity index (χ1n) is 5.31. The molecule has 1 fully saturated rings. The summed E-state index contributed by atoms with van der Waals surface area (Å²) in [5.41, 5.74) is 8.23. The Bertz CT molecular complexity index is 360. The molecule has 1 aliphatic carbocycles. The van der Waals surface area contributed by atoms with E-state index in [4.69, 9.17) is 5.73 Å². The average molecular weight is 270 g/mol. The first kappa shape index (κ1) is 11.0. The van der Waals surface area contributed by atoms with Gasteiger partial charge in [0.2, 0.25) is 0 Å². The second-order valence-electron chi connectivity index (χ2n) is 4.49. The number of phenols is 1. The molecule has 0 saturated heterocycles. The summed E-state index contributed by atoms with van der Waals surface area (Å²) < 4.78 is 0.771. The fraction of sp³-hybridized carbons (Fsp3) is 0.500. The van der Waals surface area contributed by atoms with Gasteiger partial charge in [-0.25, -0.2) is 0 Å². The fourth-order valence-corrected chi connectivity index (χ4v) is 2.56. The number of rotatable bonds is 1. The van der Waals surface area contributed by atoms with Crippen LogP contribution in [-0.4, -0.2) is 5.11 Å². The third-order valence-electron chi connectivity index (χ3n) is 3.31. The molecule has 1 saturated carbocycles. The van der Waals surface area contributed by atoms with Crippen LogP contribution < -0.4 is 5.73 Å². The van der Waals surface area contributed by atoms with Crippen molar-refractivity contribution >= 4 is 15.9 Å². The summed E-state index contributed by atoms with van der Waals surface area (Å²) in [7, 11) is 0. The molecular formula is C12H16BrNO. The van der Waals surface area contributed by atoms with Crippen LogP contribution in [0.5, 0.6) is 5.75 Å². The number of hydrogen-bond donors (Lipinski definition) is 2. The summed E-state index contributed by atoms with van der Waals surface area (Å²) >= 11 is 3.35. The van der Waals surface area contributed by atoms with Gasteiger partial charge >= 0.3 is 0 Å². The Hall–Kier alpha value is -0.540. The Morgan fingerprint density at radius 3 is 2.47 bits per heavy atom. The van der Waals surface area contributed by atoms with Crippen LogP contribution in [-0.2, 0) is 5.54 Å². The van der Waals surface area contributed by atoms with E-state index in [1.807, 2.05) is 6.92 Å². The summed E-state index contributed by atoms with van der Waals surface area (Å²) in [6.07, 6.45) is 4.42. The predicted molar refractivity (Wildman–Crippen MR) is 64.9 cm³/mol. The maximum Gasteiger partial charge on any atom is 0.130 e. The van der Waals surface area contributed by atoms with Crippen molar-refractivity contribution < 1.29 is 5.11 Å². The number of phenolic OH excluding ortho intramolecular Hbond substituents is 1. The van der Waals surface area contributed by atoms with E-state index in [-0.39, 0.29) is 5.54 Å². The van der Waals surface area contributed by atoms with Crippen molar-refractivity contribution in [3.63, 3.8) is 0 Å². The second-order valence-corrected chi connectivity index (χ2v) is 5.28. The summed E-state index contributed by atoms with van der Waals surface area (Å²) in [6.45, 7) is 1.98. The normalized spacial score (nSPS) is 19.4. The number of aromatic hydroxyl groups is 1. The molecule has 1 aromatic rings. The van der Waals surface area contributed by atoms with Crippen LogP contribution in [0.2, 0.25) is 0 Å². The summed E-state index contributed by atoms with van der Waals surface area (Å²) in [6, 6.07) is 3.87. The van der Waals surface area contributed by atoms with Crippen LogP contribution in [0.4, 0.5) is 0 Å². The lowest BCUT2D eigenvalue weighted by Gasteiger charge is -2.25. The van der Waals surface area contributed by atoms with E-state index in [1.165, 1.54) is 12.8 Å². The molecule has 1 aromatic carbocycles. The van der Waals surface area contributed by atoms with Crippen LogP contribution in [0.25, 0.3) is 0 Å². The van der Waals surface area contributed by atoms with Gasteiger partial charge in [-0.1, -0.05) is 18.9 Å². The van der Waals surface area contributed by atoms with Gasteiger partial charge in [-0.3, -0.25) is 0 Å².